The van der Waals surface area contributed by atoms with Crippen LogP contribution in [0.15, 0.2) is 120 Å². The molecule has 6 aliphatic heterocycles. The maximum absolute atomic E-state index is 14.9. The number of methoxy groups -OCH3 is 3. The summed E-state index contributed by atoms with van der Waals surface area (Å²) in [5.41, 5.74) is 28.1. The zero-order chi connectivity index (χ0) is 94.3. The van der Waals surface area contributed by atoms with Crippen LogP contribution in [0.1, 0.15) is 158 Å². The molecule has 5 fully saturated rings. The van der Waals surface area contributed by atoms with E-state index < -0.39 is 114 Å². The molecule has 10 N–H and O–H groups in total. The van der Waals surface area contributed by atoms with E-state index in [1.807, 2.05) is 88.7 Å². The maximum Gasteiger partial charge on any atom is 0.407 e. The number of carbonyl (C=O) groups excluding carboxylic acids is 7. The van der Waals surface area contributed by atoms with Crippen molar-refractivity contribution in [3.8, 4) is 11.3 Å². The van der Waals surface area contributed by atoms with Gasteiger partial charge in [-0.2, -0.15) is 10.1 Å². The summed E-state index contributed by atoms with van der Waals surface area (Å²) in [6.45, 7) is 18.7. The van der Waals surface area contributed by atoms with Crippen molar-refractivity contribution in [1.29, 1.82) is 0 Å². The number of anilines is 4. The third kappa shape index (κ3) is 24.0. The highest BCUT2D eigenvalue weighted by Crippen LogP contribution is 2.40. The van der Waals surface area contributed by atoms with Gasteiger partial charge in [0.1, 0.15) is 53.8 Å². The van der Waals surface area contributed by atoms with E-state index in [0.29, 0.717) is 205 Å². The number of Topliss-reactive ketones (excluding diaryl/α,β-unsaturated/α-hetero) is 2. The van der Waals surface area contributed by atoms with Crippen LogP contribution in [0.4, 0.5) is 28.5 Å². The smallest absolute Gasteiger partial charge is 0.407 e. The van der Waals surface area contributed by atoms with Crippen LogP contribution in [0.2, 0.25) is 0 Å². The Balaban J connectivity index is 0.500. The van der Waals surface area contributed by atoms with E-state index in [4.69, 9.17) is 59.9 Å². The highest BCUT2D eigenvalue weighted by atomic mass is 16.6. The van der Waals surface area contributed by atoms with Crippen molar-refractivity contribution >= 4 is 87.2 Å². The van der Waals surface area contributed by atoms with E-state index in [-0.39, 0.29) is 68.4 Å². The van der Waals surface area contributed by atoms with Gasteiger partial charge in [-0.25, -0.2) is 44.2 Å². The number of piperidine rings is 1. The molecule has 16 atom stereocenters. The lowest BCUT2D eigenvalue weighted by atomic mass is 9.80. The quantitative estimate of drug-likeness (QED) is 0.0159. The number of ether oxygens (including phenoxy) is 7. The average molecular weight is 1840 g/mol. The number of nitrogens with two attached hydrogens (primary N) is 3. The number of aliphatic hydroxyl groups is 3. The zero-order valence-electron chi connectivity index (χ0n) is 77.6. The molecule has 0 unspecified atom stereocenters. The number of nitrogens with zero attached hydrogens (tertiary/aromatic N) is 15. The van der Waals surface area contributed by atoms with Gasteiger partial charge in [0.2, 0.25) is 23.6 Å². The van der Waals surface area contributed by atoms with E-state index >= 15 is 0 Å². The SMILES string of the molecule is CO[C@H]1C[C@@H]2CC[C@@H](C)[C@@](O)(O2)C(=O)C(=O)N2CCCC[C@H]2C(=O)O[C@H]([C@H](N)C[C@@H]2CC[C@@H](OC(=O)NCc3cnc(N4CCN(C(=O)CCOCCN5CCN(c6ncc(C(=O)N7CCc8cc(Cn9nc(-c%10ccc%11oc(N)nc%11c%10)c%10c(N)ncnc%109)ccc8C7)cn6)CC5)CC4)nc3)[C@H](OC)C2)C[C@@H](OC)[C@H](C)/C=C(\C)[C@@H](O)[C@@H](O)C(=O)[C@H](C)C[C@H](C)/C=C/C=C/C=C/1C. The third-order valence-corrected chi connectivity index (χ3v) is 27.4. The lowest BCUT2D eigenvalue weighted by Gasteiger charge is -2.43. The molecule has 37 heteroatoms. The Morgan fingerprint density at radius 1 is 0.707 bits per heavy atom. The number of cyclic esters (lactones) is 1. The number of oxazole rings is 1. The Kier molecular flexibility index (Phi) is 33.0. The van der Waals surface area contributed by atoms with E-state index in [2.05, 4.69) is 62.1 Å². The fraction of sp³-hybridized carbons (Fsp3) is 0.573. The fourth-order valence-electron chi connectivity index (χ4n) is 19.4. The monoisotopic (exact) mass is 1840 g/mol. The number of piperazine rings is 2. The second-order valence-corrected chi connectivity index (χ2v) is 36.7. The first-order valence-electron chi connectivity index (χ1n) is 46.6. The summed E-state index contributed by atoms with van der Waals surface area (Å²) >= 11 is 0. The predicted molar refractivity (Wildman–Crippen MR) is 494 cm³/mol. The number of hydrogen-bond donors (Lipinski definition) is 7. The van der Waals surface area contributed by atoms with Crippen molar-refractivity contribution in [3.63, 3.8) is 0 Å². The number of aromatic nitrogens is 9. The molecule has 2 aromatic carbocycles. The summed E-state index contributed by atoms with van der Waals surface area (Å²) in [6, 6.07) is 9.83. The van der Waals surface area contributed by atoms with Gasteiger partial charge >= 0.3 is 12.1 Å². The molecule has 11 heterocycles. The van der Waals surface area contributed by atoms with Crippen LogP contribution in [0.25, 0.3) is 33.4 Å². The molecule has 4 saturated heterocycles. The first-order chi connectivity index (χ1) is 64.0. The van der Waals surface area contributed by atoms with Gasteiger partial charge in [-0.15, -0.1) is 0 Å². The van der Waals surface area contributed by atoms with Crippen LogP contribution in [-0.4, -0.2) is 294 Å². The molecular weight excluding hydrogens is 1710 g/mol. The Labute approximate surface area is 774 Å². The highest BCUT2D eigenvalue weighted by molar-refractivity contribution is 6.39. The van der Waals surface area contributed by atoms with Gasteiger partial charge in [0.15, 0.2) is 17.0 Å². The van der Waals surface area contributed by atoms with Crippen LogP contribution < -0.4 is 32.3 Å². The molecule has 1 aliphatic carbocycles. The number of carbonyl (C=O) groups is 7. The molecule has 1 saturated carbocycles. The molecule has 7 aliphatic rings. The summed E-state index contributed by atoms with van der Waals surface area (Å²) in [6.07, 6.45) is 16.5. The van der Waals surface area contributed by atoms with Crippen molar-refractivity contribution in [2.24, 2.45) is 35.3 Å². The molecule has 133 heavy (non-hydrogen) atoms. The topological polar surface area (TPSA) is 476 Å². The van der Waals surface area contributed by atoms with Crippen LogP contribution in [-0.2, 0) is 83.2 Å². The van der Waals surface area contributed by atoms with Crippen LogP contribution in [0.5, 0.6) is 0 Å². The summed E-state index contributed by atoms with van der Waals surface area (Å²) in [5.74, 6) is -6.82. The summed E-state index contributed by atoms with van der Waals surface area (Å²) in [4.78, 5) is 141. The number of benzene rings is 2. The Morgan fingerprint density at radius 2 is 1.44 bits per heavy atom. The number of fused-ring (bicyclic) bond motifs is 6. The van der Waals surface area contributed by atoms with Crippen molar-refractivity contribution < 1.29 is 86.5 Å². The van der Waals surface area contributed by atoms with E-state index in [9.17, 15) is 48.9 Å². The number of allylic oxidation sites excluding steroid dienone is 5. The Bertz CT molecular complexity index is 5340. The van der Waals surface area contributed by atoms with Crippen LogP contribution in [0.3, 0.4) is 0 Å². The Hall–Kier alpha value is -11.1. The molecule has 0 spiro atoms. The molecule has 4 amide bonds. The number of ketones is 2. The van der Waals surface area contributed by atoms with Crippen molar-refractivity contribution in [1.82, 2.24) is 69.6 Å². The number of hydrogen-bond acceptors (Lipinski definition) is 32. The van der Waals surface area contributed by atoms with E-state index in [1.165, 1.54) is 18.3 Å². The van der Waals surface area contributed by atoms with E-state index in [1.54, 1.807) is 71.9 Å². The molecular formula is C96H129N19O18. The van der Waals surface area contributed by atoms with Gasteiger partial charge in [-0.1, -0.05) is 82.4 Å². The van der Waals surface area contributed by atoms with Crippen LogP contribution in [0, 0.1) is 29.6 Å². The predicted octanol–water partition coefficient (Wildman–Crippen LogP) is 7.41. The fourth-order valence-corrected chi connectivity index (χ4v) is 19.4. The second-order valence-electron chi connectivity index (χ2n) is 36.7. The summed E-state index contributed by atoms with van der Waals surface area (Å²) < 4.78 is 50.0. The minimum atomic E-state index is -2.49. The first kappa shape index (κ1) is 97.9. The number of nitrogens with one attached hydrogen (secondary N) is 1. The number of nitrogen functional groups attached to an aromatic ring is 2. The zero-order valence-corrected chi connectivity index (χ0v) is 77.6. The first-order valence-corrected chi connectivity index (χ1v) is 46.6. The van der Waals surface area contributed by atoms with Crippen molar-refractivity contribution in [2.45, 2.75) is 218 Å². The van der Waals surface area contributed by atoms with Gasteiger partial charge in [0.25, 0.3) is 23.6 Å². The molecule has 7 aromatic rings. The average Bonchev–Trinajstić information content (AvgIpc) is 1.62. The number of amides is 4. The van der Waals surface area contributed by atoms with E-state index in [0.717, 1.165) is 40.9 Å². The van der Waals surface area contributed by atoms with Gasteiger partial charge in [0, 0.05) is 179 Å². The lowest BCUT2D eigenvalue weighted by molar-refractivity contribution is -0.265. The molecule has 716 valence electrons. The van der Waals surface area contributed by atoms with Gasteiger partial charge < -0.3 is 99.9 Å². The Morgan fingerprint density at radius 3 is 2.18 bits per heavy atom. The lowest BCUT2D eigenvalue weighted by Crippen LogP contribution is -2.61. The minimum Gasteiger partial charge on any atom is -0.459 e. The standard InChI is InChI=1S/C96H129N19O18/c1-57-15-11-10-12-16-58(2)76(126-7)47-70-23-18-62(6)96(125,133-70)86(120)90(122)114-28-14-13-17-73(114)91(123)130-78(48-77(127-8)59(3)42-61(5)84(118)85(119)83(117)60(4)41-57)71(97)44-63-20-24-75(79(45-63)128-9)132-95(124)104-51-65-49-100-93(101-50-65)112-36-34-110(35-37-112)80(116)27-39-129-40-38-109-30-32-111(33-31-109)94-102-52-69(53-103-94)89(121)113-29-26-66-43-64(19-21-68(66)55-113)54-115-88-81(87(98)105-56-106-88)82(108-115)67-22-25-74-72(46-67)107-92(99)131-74/h10-12,15-16,19,21-22,25,42-43,46,49-50,52-53,56-57,59-60,62-63,70-71,73,75-79,84-85,118-119,125H,13-14,17-18,20,23-24,26-41,44-45,47-48,51,54-55,97H2,1-9H3,(H2,99,107)(H,104,124)(H2,98,105,106)/b12-10+,15-11+,58-16+,61-42+/t57-,59-,60-,62-,63+,70+,71-,73+,75-,76+,77-,78+,79-,84-,85+,96-/m1/s1. The van der Waals surface area contributed by atoms with Gasteiger partial charge in [-0.05, 0) is 142 Å². The number of alkyl carbamates (subject to hydrolysis) is 1. The molecule has 5 aromatic heterocycles. The molecule has 14 rings (SSSR count). The largest absolute Gasteiger partial charge is 0.459 e. The summed E-state index contributed by atoms with van der Waals surface area (Å²) in [7, 11) is 4.60. The van der Waals surface area contributed by atoms with Gasteiger partial charge in [-0.3, -0.25) is 28.9 Å². The van der Waals surface area contributed by atoms with Crippen LogP contribution >= 0.6 is 0 Å². The third-order valence-electron chi connectivity index (χ3n) is 27.4. The van der Waals surface area contributed by atoms with Crippen molar-refractivity contribution in [2.75, 3.05) is 128 Å². The van der Waals surface area contributed by atoms with Crippen molar-refractivity contribution in [3.05, 3.63) is 143 Å². The number of esters is 1. The summed E-state index contributed by atoms with van der Waals surface area (Å²) in [5, 5.41) is 43.5. The maximum atomic E-state index is 14.9. The number of aliphatic hydroxyl groups excluding tert-OH is 2. The number of rotatable bonds is 21. The minimum absolute atomic E-state index is 0.0107. The molecule has 37 nitrogen and oxygen atoms in total. The highest BCUT2D eigenvalue weighted by Gasteiger charge is 2.54. The van der Waals surface area contributed by atoms with Gasteiger partial charge in [0.05, 0.1) is 61.5 Å². The second kappa shape index (κ2) is 44.8. The molecule has 0 radical (unpaired) electrons. The normalized spacial score (nSPS) is 28.4. The molecule has 2 bridgehead atoms.